The van der Waals surface area contributed by atoms with Crippen LogP contribution in [0.2, 0.25) is 0 Å². The van der Waals surface area contributed by atoms with Gasteiger partial charge in [-0.25, -0.2) is 4.98 Å². The lowest BCUT2D eigenvalue weighted by Gasteiger charge is -2.11. The van der Waals surface area contributed by atoms with Crippen molar-refractivity contribution in [3.05, 3.63) is 61.9 Å². The number of hydrogen-bond acceptors (Lipinski definition) is 4. The number of nitrogens with zero attached hydrogens (tertiary/aromatic N) is 2. The van der Waals surface area contributed by atoms with E-state index in [0.717, 1.165) is 12.3 Å². The fourth-order valence-electron chi connectivity index (χ4n) is 2.00. The van der Waals surface area contributed by atoms with Gasteiger partial charge in [0, 0.05) is 27.9 Å². The van der Waals surface area contributed by atoms with E-state index in [1.165, 1.54) is 34.1 Å². The highest BCUT2D eigenvalue weighted by atomic mass is 79.9. The van der Waals surface area contributed by atoms with Gasteiger partial charge in [0.25, 0.3) is 11.5 Å². The van der Waals surface area contributed by atoms with E-state index in [1.54, 1.807) is 5.38 Å². The van der Waals surface area contributed by atoms with Gasteiger partial charge in [-0.1, -0.05) is 15.9 Å². The zero-order valence-electron chi connectivity index (χ0n) is 11.6. The van der Waals surface area contributed by atoms with Gasteiger partial charge in [0.15, 0.2) is 4.96 Å². The van der Waals surface area contributed by atoms with Crippen LogP contribution in [0.5, 0.6) is 0 Å². The Labute approximate surface area is 144 Å². The van der Waals surface area contributed by atoms with Gasteiger partial charge in [-0.2, -0.15) is 13.2 Å². The van der Waals surface area contributed by atoms with Gasteiger partial charge in [0.1, 0.15) is 5.56 Å². The molecule has 2 aromatic heterocycles. The standard InChI is InChI=1S/C14H7BrF3N3O2S/c15-10-2-1-7(5-9(10)14(16,17)18)20-11(22)8-6-19-13-21(12(8)23)3-4-24-13/h1-6H,(H,20,22). The largest absolute Gasteiger partial charge is 0.417 e. The highest BCUT2D eigenvalue weighted by Gasteiger charge is 2.33. The first-order chi connectivity index (χ1) is 11.3. The Bertz CT molecular complexity index is 997. The van der Waals surface area contributed by atoms with Gasteiger partial charge in [-0.15, -0.1) is 11.3 Å². The maximum Gasteiger partial charge on any atom is 0.417 e. The van der Waals surface area contributed by atoms with E-state index in [2.05, 4.69) is 26.2 Å². The number of fused-ring (bicyclic) bond motifs is 1. The number of thiazole rings is 1. The van der Waals surface area contributed by atoms with Crippen molar-refractivity contribution in [3.63, 3.8) is 0 Å². The molecule has 0 aliphatic carbocycles. The molecule has 24 heavy (non-hydrogen) atoms. The van der Waals surface area contributed by atoms with Crippen LogP contribution in [0.1, 0.15) is 15.9 Å². The number of anilines is 1. The van der Waals surface area contributed by atoms with Crippen molar-refractivity contribution in [1.29, 1.82) is 0 Å². The molecule has 0 atom stereocenters. The highest BCUT2D eigenvalue weighted by molar-refractivity contribution is 9.10. The van der Waals surface area contributed by atoms with Crippen molar-refractivity contribution in [2.45, 2.75) is 6.18 Å². The molecule has 5 nitrogen and oxygen atoms in total. The summed E-state index contributed by atoms with van der Waals surface area (Å²) in [5, 5.41) is 3.92. The molecule has 0 aliphatic heterocycles. The molecule has 2 heterocycles. The molecule has 0 radical (unpaired) electrons. The van der Waals surface area contributed by atoms with Crippen LogP contribution < -0.4 is 10.9 Å². The van der Waals surface area contributed by atoms with E-state index in [9.17, 15) is 22.8 Å². The Morgan fingerprint density at radius 2 is 2.08 bits per heavy atom. The van der Waals surface area contributed by atoms with Crippen LogP contribution in [0.25, 0.3) is 4.96 Å². The van der Waals surface area contributed by atoms with Gasteiger partial charge in [-0.3, -0.25) is 14.0 Å². The Balaban J connectivity index is 1.94. The summed E-state index contributed by atoms with van der Waals surface area (Å²) in [5.74, 6) is -0.830. The van der Waals surface area contributed by atoms with Gasteiger partial charge in [0.05, 0.1) is 5.56 Å². The van der Waals surface area contributed by atoms with Crippen LogP contribution in [0.3, 0.4) is 0 Å². The number of halogens is 4. The fraction of sp³-hybridized carbons (Fsp3) is 0.0714. The first-order valence-electron chi connectivity index (χ1n) is 6.40. The molecule has 0 saturated heterocycles. The first kappa shape index (κ1) is 16.7. The van der Waals surface area contributed by atoms with Gasteiger partial charge in [-0.05, 0) is 18.2 Å². The number of carbonyl (C=O) groups is 1. The predicted octanol–water partition coefficient (Wildman–Crippen LogP) is 3.79. The third kappa shape index (κ3) is 3.06. The minimum absolute atomic E-state index is 0.0784. The zero-order valence-corrected chi connectivity index (χ0v) is 14.0. The molecule has 3 aromatic rings. The first-order valence-corrected chi connectivity index (χ1v) is 8.07. The quantitative estimate of drug-likeness (QED) is 0.689. The smallest absolute Gasteiger partial charge is 0.322 e. The third-order valence-electron chi connectivity index (χ3n) is 3.12. The second-order valence-corrected chi connectivity index (χ2v) is 6.41. The van der Waals surface area contributed by atoms with Crippen LogP contribution in [-0.4, -0.2) is 15.3 Å². The molecular weight excluding hydrogens is 411 g/mol. The molecule has 1 aromatic carbocycles. The van der Waals surface area contributed by atoms with Gasteiger partial charge < -0.3 is 5.32 Å². The summed E-state index contributed by atoms with van der Waals surface area (Å²) in [4.78, 5) is 28.8. The number of benzene rings is 1. The van der Waals surface area contributed by atoms with Crippen LogP contribution >= 0.6 is 27.3 Å². The molecule has 1 amide bonds. The topological polar surface area (TPSA) is 63.5 Å². The highest BCUT2D eigenvalue weighted by Crippen LogP contribution is 2.36. The lowest BCUT2D eigenvalue weighted by atomic mass is 10.2. The number of carbonyl (C=O) groups excluding carboxylic acids is 1. The summed E-state index contributed by atoms with van der Waals surface area (Å²) in [6.07, 6.45) is -2.00. The Morgan fingerprint density at radius 1 is 1.33 bits per heavy atom. The summed E-state index contributed by atoms with van der Waals surface area (Å²) < 4.78 is 39.7. The SMILES string of the molecule is O=C(Nc1ccc(Br)c(C(F)(F)F)c1)c1cnc2sccn2c1=O. The number of alkyl halides is 3. The monoisotopic (exact) mass is 417 g/mol. The maximum atomic E-state index is 12.9. The fourth-order valence-corrected chi connectivity index (χ4v) is 3.15. The average molecular weight is 418 g/mol. The van der Waals surface area contributed by atoms with E-state index in [4.69, 9.17) is 0 Å². The Hall–Kier alpha value is -2.20. The minimum Gasteiger partial charge on any atom is -0.322 e. The number of hydrogen-bond donors (Lipinski definition) is 1. The molecule has 124 valence electrons. The van der Waals surface area contributed by atoms with E-state index >= 15 is 0 Å². The van der Waals surface area contributed by atoms with Crippen LogP contribution in [0.4, 0.5) is 18.9 Å². The van der Waals surface area contributed by atoms with E-state index < -0.39 is 23.2 Å². The Kier molecular flexibility index (Phi) is 4.18. The van der Waals surface area contributed by atoms with Crippen LogP contribution in [-0.2, 0) is 6.18 Å². The summed E-state index contributed by atoms with van der Waals surface area (Å²) >= 11 is 4.04. The van der Waals surface area contributed by atoms with Crippen molar-refractivity contribution >= 4 is 43.8 Å². The van der Waals surface area contributed by atoms with Crippen molar-refractivity contribution < 1.29 is 18.0 Å². The van der Waals surface area contributed by atoms with E-state index in [-0.39, 0.29) is 15.7 Å². The molecule has 0 spiro atoms. The second kappa shape index (κ2) is 6.02. The average Bonchev–Trinajstić information content (AvgIpc) is 2.97. The molecule has 3 rings (SSSR count). The molecule has 0 unspecified atom stereocenters. The van der Waals surface area contributed by atoms with E-state index in [0.29, 0.717) is 4.96 Å². The van der Waals surface area contributed by atoms with Crippen molar-refractivity contribution in [3.8, 4) is 0 Å². The van der Waals surface area contributed by atoms with Crippen molar-refractivity contribution in [2.75, 3.05) is 5.32 Å². The summed E-state index contributed by atoms with van der Waals surface area (Å²) in [6.45, 7) is 0. The normalized spacial score (nSPS) is 11.7. The lowest BCUT2D eigenvalue weighted by molar-refractivity contribution is -0.138. The maximum absolute atomic E-state index is 12.9. The molecular formula is C14H7BrF3N3O2S. The van der Waals surface area contributed by atoms with Crippen LogP contribution in [0, 0.1) is 0 Å². The van der Waals surface area contributed by atoms with Gasteiger partial charge in [0.2, 0.25) is 0 Å². The summed E-state index contributed by atoms with van der Waals surface area (Å²) in [6, 6.07) is 3.26. The lowest BCUT2D eigenvalue weighted by Crippen LogP contribution is -2.26. The predicted molar refractivity (Wildman–Crippen MR) is 86.4 cm³/mol. The Morgan fingerprint density at radius 3 is 2.79 bits per heavy atom. The molecule has 0 aliphatic rings. The summed E-state index contributed by atoms with van der Waals surface area (Å²) in [7, 11) is 0. The number of aromatic nitrogens is 2. The third-order valence-corrected chi connectivity index (χ3v) is 4.58. The van der Waals surface area contributed by atoms with Crippen molar-refractivity contribution in [2.24, 2.45) is 0 Å². The number of amides is 1. The molecule has 0 saturated carbocycles. The molecule has 1 N–H and O–H groups in total. The van der Waals surface area contributed by atoms with Crippen molar-refractivity contribution in [1.82, 2.24) is 9.38 Å². The zero-order chi connectivity index (χ0) is 17.5. The molecule has 10 heteroatoms. The van der Waals surface area contributed by atoms with Crippen LogP contribution in [0.15, 0.2) is 45.2 Å². The number of rotatable bonds is 2. The second-order valence-electron chi connectivity index (χ2n) is 4.68. The minimum atomic E-state index is -4.57. The molecule has 0 bridgehead atoms. The molecule has 0 fully saturated rings. The van der Waals surface area contributed by atoms with Gasteiger partial charge >= 0.3 is 6.18 Å². The van der Waals surface area contributed by atoms with E-state index in [1.807, 2.05) is 0 Å². The summed E-state index contributed by atoms with van der Waals surface area (Å²) in [5.41, 5.74) is -1.86. The number of nitrogens with one attached hydrogen (secondary N) is 1.